The van der Waals surface area contributed by atoms with Crippen LogP contribution in [0, 0.1) is 0 Å². The third kappa shape index (κ3) is 3.99. The van der Waals surface area contributed by atoms with Gasteiger partial charge in [0.2, 0.25) is 0 Å². The van der Waals surface area contributed by atoms with Crippen molar-refractivity contribution >= 4 is 24.4 Å². The van der Waals surface area contributed by atoms with Crippen LogP contribution in [0.1, 0.15) is 26.3 Å². The Balaban J connectivity index is 2.05. The molecule has 27 heavy (non-hydrogen) atoms. The smallest absolute Gasteiger partial charge is 0.261 e. The minimum atomic E-state index is -2.47. The number of benzene rings is 3. The van der Waals surface area contributed by atoms with Crippen LogP contribution in [0.2, 0.25) is 5.04 Å². The van der Waals surface area contributed by atoms with E-state index in [2.05, 4.69) is 111 Å². The second kappa shape index (κ2) is 8.11. The second-order valence-corrected chi connectivity index (χ2v) is 12.2. The van der Waals surface area contributed by atoms with Gasteiger partial charge in [-0.25, -0.2) is 0 Å². The van der Waals surface area contributed by atoms with Crippen LogP contribution in [0.15, 0.2) is 84.9 Å². The van der Waals surface area contributed by atoms with Gasteiger partial charge < -0.3 is 9.74 Å². The highest BCUT2D eigenvalue weighted by atomic mass is 28.4. The molecule has 0 aliphatic rings. The first-order valence-electron chi connectivity index (χ1n) is 9.49. The molecule has 0 saturated carbocycles. The van der Waals surface area contributed by atoms with Crippen LogP contribution in [0.5, 0.6) is 0 Å². The normalized spacial score (nSPS) is 12.0. The molecule has 0 radical (unpaired) electrons. The van der Waals surface area contributed by atoms with E-state index in [-0.39, 0.29) is 5.04 Å². The Hall–Kier alpha value is -2.36. The molecule has 0 amide bonds. The summed E-state index contributed by atoms with van der Waals surface area (Å²) in [6.45, 7) is 7.53. The average molecular weight is 376 g/mol. The first kappa shape index (κ1) is 19.4. The molecule has 0 saturated heterocycles. The number of hydrogen-bond donors (Lipinski definition) is 1. The molecule has 1 N–H and O–H groups in total. The maximum atomic E-state index is 6.94. The van der Waals surface area contributed by atoms with Crippen molar-refractivity contribution in [2.45, 2.75) is 32.4 Å². The van der Waals surface area contributed by atoms with E-state index in [0.717, 1.165) is 5.69 Å². The lowest BCUT2D eigenvalue weighted by Crippen LogP contribution is -2.66. The topological polar surface area (TPSA) is 21.3 Å². The molecule has 140 valence electrons. The van der Waals surface area contributed by atoms with Crippen LogP contribution >= 0.6 is 0 Å². The fourth-order valence-corrected chi connectivity index (χ4v) is 8.26. The van der Waals surface area contributed by atoms with Crippen molar-refractivity contribution < 1.29 is 4.43 Å². The Bertz CT molecular complexity index is 800. The van der Waals surface area contributed by atoms with Gasteiger partial charge in [-0.1, -0.05) is 93.6 Å². The highest BCUT2D eigenvalue weighted by molar-refractivity contribution is 6.99. The van der Waals surface area contributed by atoms with Gasteiger partial charge in [0.1, 0.15) is 0 Å². The Morgan fingerprint density at radius 3 is 1.63 bits per heavy atom. The first-order chi connectivity index (χ1) is 13.0. The van der Waals surface area contributed by atoms with Crippen molar-refractivity contribution in [2.24, 2.45) is 0 Å². The lowest BCUT2D eigenvalue weighted by Gasteiger charge is -2.43. The molecule has 0 aliphatic heterocycles. The van der Waals surface area contributed by atoms with E-state index in [1.807, 2.05) is 7.05 Å². The zero-order valence-electron chi connectivity index (χ0n) is 16.7. The summed E-state index contributed by atoms with van der Waals surface area (Å²) in [5, 5.41) is 5.80. The molecule has 0 spiro atoms. The minimum Gasteiger partial charge on any atom is -0.403 e. The fraction of sp³-hybridized carbons (Fsp3) is 0.250. The van der Waals surface area contributed by atoms with Gasteiger partial charge in [-0.3, -0.25) is 0 Å². The minimum absolute atomic E-state index is 0.000617. The van der Waals surface area contributed by atoms with Crippen molar-refractivity contribution in [1.82, 2.24) is 0 Å². The number of rotatable bonds is 6. The number of hydrogen-bond acceptors (Lipinski definition) is 2. The van der Waals surface area contributed by atoms with E-state index in [9.17, 15) is 0 Å². The van der Waals surface area contributed by atoms with Crippen LogP contribution in [0.3, 0.4) is 0 Å². The van der Waals surface area contributed by atoms with Gasteiger partial charge >= 0.3 is 0 Å². The van der Waals surface area contributed by atoms with E-state index in [1.54, 1.807) is 0 Å². The van der Waals surface area contributed by atoms with Gasteiger partial charge in [-0.2, -0.15) is 0 Å². The number of nitrogens with one attached hydrogen (secondary N) is 1. The summed E-state index contributed by atoms with van der Waals surface area (Å²) in [6.07, 6.45) is 0. The zero-order chi connectivity index (χ0) is 19.3. The average Bonchev–Trinajstić information content (AvgIpc) is 2.69. The highest BCUT2D eigenvalue weighted by Crippen LogP contribution is 2.37. The summed E-state index contributed by atoms with van der Waals surface area (Å²) < 4.78 is 6.94. The van der Waals surface area contributed by atoms with Crippen LogP contribution < -0.4 is 15.7 Å². The predicted octanol–water partition coefficient (Wildman–Crippen LogP) is 4.80. The summed E-state index contributed by atoms with van der Waals surface area (Å²) >= 11 is 0. The Kier molecular flexibility index (Phi) is 5.83. The van der Waals surface area contributed by atoms with E-state index in [1.165, 1.54) is 15.9 Å². The fourth-order valence-electron chi connectivity index (χ4n) is 3.72. The zero-order valence-corrected chi connectivity index (χ0v) is 17.7. The molecule has 0 fully saturated rings. The molecule has 3 aromatic carbocycles. The second-order valence-electron chi connectivity index (χ2n) is 7.90. The molecule has 2 nitrogen and oxygen atoms in total. The van der Waals surface area contributed by atoms with Gasteiger partial charge in [-0.15, -0.1) is 0 Å². The molecule has 0 aliphatic carbocycles. The molecule has 0 atom stereocenters. The molecule has 3 aromatic rings. The highest BCUT2D eigenvalue weighted by Gasteiger charge is 2.50. The van der Waals surface area contributed by atoms with E-state index in [0.29, 0.717) is 6.61 Å². The molecule has 0 heterocycles. The van der Waals surface area contributed by atoms with E-state index >= 15 is 0 Å². The summed E-state index contributed by atoms with van der Waals surface area (Å²) in [7, 11) is -0.531. The predicted molar refractivity (Wildman–Crippen MR) is 118 cm³/mol. The largest absolute Gasteiger partial charge is 0.403 e. The van der Waals surface area contributed by atoms with Crippen molar-refractivity contribution in [3.8, 4) is 0 Å². The number of anilines is 1. The first-order valence-corrected chi connectivity index (χ1v) is 11.4. The third-order valence-electron chi connectivity index (χ3n) is 5.11. The summed E-state index contributed by atoms with van der Waals surface area (Å²) in [4.78, 5) is 0. The Labute approximate surface area is 164 Å². The standard InChI is InChI=1S/C24H29NOSi/c1-24(2,3)27(22-11-7-5-8-12-22,23-13-9-6-10-14-23)26-19-20-15-17-21(25-4)18-16-20/h5-18,25H,19H2,1-4H3. The molecule has 0 aromatic heterocycles. The van der Waals surface area contributed by atoms with Gasteiger partial charge in [0.25, 0.3) is 8.32 Å². The third-order valence-corrected chi connectivity index (χ3v) is 10.1. The van der Waals surface area contributed by atoms with Gasteiger partial charge in [0.05, 0.1) is 6.61 Å². The molecule has 0 unspecified atom stereocenters. The van der Waals surface area contributed by atoms with Crippen LogP contribution in [-0.4, -0.2) is 15.4 Å². The quantitative estimate of drug-likeness (QED) is 0.625. The van der Waals surface area contributed by atoms with Crippen LogP contribution in [0.25, 0.3) is 0 Å². The Morgan fingerprint density at radius 2 is 1.22 bits per heavy atom. The Morgan fingerprint density at radius 1 is 0.741 bits per heavy atom. The van der Waals surface area contributed by atoms with Crippen LogP contribution in [-0.2, 0) is 11.0 Å². The summed E-state index contributed by atoms with van der Waals surface area (Å²) in [6, 6.07) is 30.1. The SMILES string of the molecule is CNc1ccc(CO[Si](c2ccccc2)(c2ccccc2)C(C)(C)C)cc1. The van der Waals surface area contributed by atoms with Gasteiger partial charge in [0, 0.05) is 12.7 Å². The monoisotopic (exact) mass is 375 g/mol. The van der Waals surface area contributed by atoms with E-state index in [4.69, 9.17) is 4.43 Å². The van der Waals surface area contributed by atoms with Crippen molar-refractivity contribution in [2.75, 3.05) is 12.4 Å². The lowest BCUT2D eigenvalue weighted by atomic mass is 10.2. The van der Waals surface area contributed by atoms with E-state index < -0.39 is 8.32 Å². The van der Waals surface area contributed by atoms with Crippen molar-refractivity contribution in [1.29, 1.82) is 0 Å². The maximum absolute atomic E-state index is 6.94. The summed E-state index contributed by atoms with van der Waals surface area (Å²) in [5.74, 6) is 0. The van der Waals surface area contributed by atoms with Gasteiger partial charge in [-0.05, 0) is 33.1 Å². The molecule has 3 heteroatoms. The summed E-state index contributed by atoms with van der Waals surface area (Å²) in [5.41, 5.74) is 2.31. The maximum Gasteiger partial charge on any atom is 0.261 e. The molecular weight excluding hydrogens is 346 g/mol. The lowest BCUT2D eigenvalue weighted by molar-refractivity contribution is 0.286. The van der Waals surface area contributed by atoms with Gasteiger partial charge in [0.15, 0.2) is 0 Å². The van der Waals surface area contributed by atoms with Crippen molar-refractivity contribution in [3.63, 3.8) is 0 Å². The molecule has 3 rings (SSSR count). The van der Waals surface area contributed by atoms with Crippen molar-refractivity contribution in [3.05, 3.63) is 90.5 Å². The van der Waals surface area contributed by atoms with Crippen LogP contribution in [0.4, 0.5) is 5.69 Å². The molecular formula is C24H29NOSi. The molecule has 0 bridgehead atoms.